The largest absolute Gasteiger partial charge is 0.397 e. The number of allylic oxidation sites excluding steroid dienone is 1. The van der Waals surface area contributed by atoms with E-state index in [-0.39, 0.29) is 22.0 Å². The van der Waals surface area contributed by atoms with E-state index in [2.05, 4.69) is 21.2 Å². The first-order valence-electron chi connectivity index (χ1n) is 6.05. The van der Waals surface area contributed by atoms with Gasteiger partial charge in [-0.3, -0.25) is 4.79 Å². The van der Waals surface area contributed by atoms with Crippen LogP contribution in [0.5, 0.6) is 0 Å². The number of rotatable bonds is 4. The van der Waals surface area contributed by atoms with E-state index >= 15 is 0 Å². The third kappa shape index (κ3) is 3.84. The van der Waals surface area contributed by atoms with Gasteiger partial charge in [-0.05, 0) is 30.3 Å². The van der Waals surface area contributed by atoms with Gasteiger partial charge < -0.3 is 11.1 Å². The van der Waals surface area contributed by atoms with Crippen LogP contribution in [-0.2, 0) is 0 Å². The Bertz CT molecular complexity index is 765. The Balaban J connectivity index is 2.12. The Morgan fingerprint density at radius 3 is 2.64 bits per heavy atom. The van der Waals surface area contributed by atoms with Gasteiger partial charge in [0.2, 0.25) is 0 Å². The number of halogens is 4. The number of hydrogen-bond donors (Lipinski definition) is 2. The lowest BCUT2D eigenvalue weighted by molar-refractivity contribution is 0.104. The lowest BCUT2D eigenvalue weighted by Crippen LogP contribution is -2.01. The maximum Gasteiger partial charge on any atom is 0.190 e. The standard InChI is InChI=1S/C15H10BrClF2N2O/c16-8-1-2-9(11(18)5-8)15(22)3-4-21-14-7-13(20)10(17)6-12(14)19/h1-7,21H,20H2. The molecule has 0 aromatic heterocycles. The second kappa shape index (κ2) is 6.89. The summed E-state index contributed by atoms with van der Waals surface area (Å²) >= 11 is 8.77. The van der Waals surface area contributed by atoms with Crippen LogP contribution in [-0.4, -0.2) is 5.78 Å². The van der Waals surface area contributed by atoms with Crippen LogP contribution in [0, 0.1) is 11.6 Å². The molecule has 0 heterocycles. The zero-order valence-corrected chi connectivity index (χ0v) is 13.4. The van der Waals surface area contributed by atoms with Gasteiger partial charge in [0.25, 0.3) is 0 Å². The Morgan fingerprint density at radius 2 is 1.95 bits per heavy atom. The highest BCUT2D eigenvalue weighted by molar-refractivity contribution is 9.10. The summed E-state index contributed by atoms with van der Waals surface area (Å²) in [5.41, 5.74) is 5.73. The third-order valence-corrected chi connectivity index (χ3v) is 3.58. The molecule has 0 unspecified atom stereocenters. The number of nitrogen functional groups attached to an aromatic ring is 1. The highest BCUT2D eigenvalue weighted by Gasteiger charge is 2.09. The second-order valence-electron chi connectivity index (χ2n) is 4.32. The molecule has 114 valence electrons. The lowest BCUT2D eigenvalue weighted by Gasteiger charge is -2.05. The monoisotopic (exact) mass is 386 g/mol. The van der Waals surface area contributed by atoms with Crippen molar-refractivity contribution in [2.75, 3.05) is 11.1 Å². The first-order chi connectivity index (χ1) is 10.4. The van der Waals surface area contributed by atoms with Crippen LogP contribution in [0.15, 0.2) is 47.1 Å². The number of hydrogen-bond acceptors (Lipinski definition) is 3. The molecule has 0 bridgehead atoms. The number of nitrogens with one attached hydrogen (secondary N) is 1. The van der Waals surface area contributed by atoms with Gasteiger partial charge in [0.1, 0.15) is 11.6 Å². The quantitative estimate of drug-likeness (QED) is 0.451. The van der Waals surface area contributed by atoms with Crippen LogP contribution in [0.1, 0.15) is 10.4 Å². The van der Waals surface area contributed by atoms with Gasteiger partial charge in [-0.25, -0.2) is 8.78 Å². The number of carbonyl (C=O) groups is 1. The van der Waals surface area contributed by atoms with Crippen molar-refractivity contribution in [3.63, 3.8) is 0 Å². The van der Waals surface area contributed by atoms with E-state index in [4.69, 9.17) is 17.3 Å². The second-order valence-corrected chi connectivity index (χ2v) is 5.64. The zero-order valence-electron chi connectivity index (χ0n) is 11.0. The van der Waals surface area contributed by atoms with Crippen LogP contribution in [0.4, 0.5) is 20.2 Å². The number of nitrogens with two attached hydrogens (primary N) is 1. The SMILES string of the molecule is Nc1cc(NC=CC(=O)c2ccc(Br)cc2F)c(F)cc1Cl. The van der Waals surface area contributed by atoms with Crippen molar-refractivity contribution < 1.29 is 13.6 Å². The fourth-order valence-electron chi connectivity index (χ4n) is 1.66. The van der Waals surface area contributed by atoms with Gasteiger partial charge in [0, 0.05) is 16.7 Å². The van der Waals surface area contributed by atoms with Gasteiger partial charge in [0.15, 0.2) is 5.78 Å². The van der Waals surface area contributed by atoms with E-state index in [1.165, 1.54) is 24.4 Å². The average Bonchev–Trinajstić information content (AvgIpc) is 2.44. The van der Waals surface area contributed by atoms with E-state index in [0.29, 0.717) is 4.47 Å². The molecule has 0 aliphatic rings. The molecule has 0 radical (unpaired) electrons. The number of ketones is 1. The molecule has 22 heavy (non-hydrogen) atoms. The van der Waals surface area contributed by atoms with Gasteiger partial charge in [-0.15, -0.1) is 0 Å². The molecule has 3 N–H and O–H groups in total. The van der Waals surface area contributed by atoms with Gasteiger partial charge in [-0.2, -0.15) is 0 Å². The maximum atomic E-state index is 13.6. The van der Waals surface area contributed by atoms with E-state index in [1.807, 2.05) is 0 Å². The molecule has 0 saturated carbocycles. The predicted octanol–water partition coefficient (Wildman–Crippen LogP) is 4.77. The summed E-state index contributed by atoms with van der Waals surface area (Å²) in [6.45, 7) is 0. The summed E-state index contributed by atoms with van der Waals surface area (Å²) in [6, 6.07) is 6.45. The number of anilines is 2. The molecule has 0 saturated heterocycles. The summed E-state index contributed by atoms with van der Waals surface area (Å²) in [5, 5.41) is 2.66. The molecule has 2 aromatic carbocycles. The van der Waals surface area contributed by atoms with Crippen LogP contribution < -0.4 is 11.1 Å². The van der Waals surface area contributed by atoms with Crippen molar-refractivity contribution in [1.82, 2.24) is 0 Å². The smallest absolute Gasteiger partial charge is 0.190 e. The number of carbonyl (C=O) groups excluding carboxylic acids is 1. The van der Waals surface area contributed by atoms with Crippen molar-refractivity contribution in [3.8, 4) is 0 Å². The summed E-state index contributed by atoms with van der Waals surface area (Å²) < 4.78 is 27.7. The maximum absolute atomic E-state index is 13.6. The van der Waals surface area contributed by atoms with E-state index in [9.17, 15) is 13.6 Å². The molecule has 0 atom stereocenters. The highest BCUT2D eigenvalue weighted by Crippen LogP contribution is 2.26. The Hall–Kier alpha value is -1.92. The summed E-state index contributed by atoms with van der Waals surface area (Å²) in [6.07, 6.45) is 2.30. The molecule has 2 rings (SSSR count). The Kier molecular flexibility index (Phi) is 5.15. The van der Waals surface area contributed by atoms with Gasteiger partial charge in [-0.1, -0.05) is 27.5 Å². The minimum atomic E-state index is -0.647. The van der Waals surface area contributed by atoms with E-state index in [1.54, 1.807) is 6.07 Å². The topological polar surface area (TPSA) is 55.1 Å². The van der Waals surface area contributed by atoms with E-state index in [0.717, 1.165) is 12.1 Å². The molecule has 0 aliphatic heterocycles. The van der Waals surface area contributed by atoms with Crippen molar-refractivity contribution in [2.45, 2.75) is 0 Å². The summed E-state index contributed by atoms with van der Waals surface area (Å²) in [4.78, 5) is 11.9. The molecule has 3 nitrogen and oxygen atoms in total. The molecule has 0 fully saturated rings. The molecular weight excluding hydrogens is 378 g/mol. The summed E-state index contributed by atoms with van der Waals surface area (Å²) in [5.74, 6) is -1.82. The average molecular weight is 388 g/mol. The van der Waals surface area contributed by atoms with Crippen LogP contribution >= 0.6 is 27.5 Å². The predicted molar refractivity (Wildman–Crippen MR) is 87.0 cm³/mol. The molecule has 0 spiro atoms. The van der Waals surface area contributed by atoms with E-state index < -0.39 is 17.4 Å². The Labute approximate surface area is 138 Å². The normalized spacial score (nSPS) is 10.9. The van der Waals surface area contributed by atoms with Crippen molar-refractivity contribution >= 4 is 44.7 Å². The number of benzene rings is 2. The molecular formula is C15H10BrClF2N2O. The molecule has 0 aliphatic carbocycles. The highest BCUT2D eigenvalue weighted by atomic mass is 79.9. The molecule has 0 amide bonds. The summed E-state index contributed by atoms with van der Waals surface area (Å²) in [7, 11) is 0. The minimum absolute atomic E-state index is 0.0576. The van der Waals surface area contributed by atoms with Crippen LogP contribution in [0.3, 0.4) is 0 Å². The molecule has 2 aromatic rings. The third-order valence-electron chi connectivity index (χ3n) is 2.76. The van der Waals surface area contributed by atoms with Crippen LogP contribution in [0.25, 0.3) is 0 Å². The zero-order chi connectivity index (χ0) is 16.3. The first kappa shape index (κ1) is 16.5. The van der Waals surface area contributed by atoms with Crippen molar-refractivity contribution in [2.24, 2.45) is 0 Å². The van der Waals surface area contributed by atoms with Gasteiger partial charge >= 0.3 is 0 Å². The van der Waals surface area contributed by atoms with Crippen LogP contribution in [0.2, 0.25) is 5.02 Å². The molecule has 7 heteroatoms. The fourth-order valence-corrected chi connectivity index (χ4v) is 2.15. The van der Waals surface area contributed by atoms with Gasteiger partial charge in [0.05, 0.1) is 22.0 Å². The lowest BCUT2D eigenvalue weighted by atomic mass is 10.1. The fraction of sp³-hybridized carbons (Fsp3) is 0. The Morgan fingerprint density at radius 1 is 1.23 bits per heavy atom. The minimum Gasteiger partial charge on any atom is -0.397 e. The first-order valence-corrected chi connectivity index (χ1v) is 7.22. The van der Waals surface area contributed by atoms with Crippen molar-refractivity contribution in [3.05, 3.63) is 69.3 Å². The van der Waals surface area contributed by atoms with Crippen molar-refractivity contribution in [1.29, 1.82) is 0 Å².